The topological polar surface area (TPSA) is 54.0 Å². The van der Waals surface area contributed by atoms with E-state index in [0.717, 1.165) is 22.3 Å². The molecule has 0 aliphatic heterocycles. The molecule has 2 N–H and O–H groups in total. The van der Waals surface area contributed by atoms with Crippen LogP contribution in [0.4, 0.5) is 11.4 Å². The van der Waals surface area contributed by atoms with Crippen LogP contribution in [0.25, 0.3) is 10.9 Å². The zero-order valence-corrected chi connectivity index (χ0v) is 11.7. The third-order valence-electron chi connectivity index (χ3n) is 3.00. The molecule has 100 valence electrons. The quantitative estimate of drug-likeness (QED) is 0.772. The van der Waals surface area contributed by atoms with Gasteiger partial charge in [0.1, 0.15) is 5.69 Å². The van der Waals surface area contributed by atoms with Gasteiger partial charge in [-0.05, 0) is 23.6 Å². The first-order chi connectivity index (χ1) is 9.78. The minimum Gasteiger partial charge on any atom is -0.388 e. The van der Waals surface area contributed by atoms with Gasteiger partial charge in [0.2, 0.25) is 0 Å². The minimum atomic E-state index is -0.203. The van der Waals surface area contributed by atoms with Gasteiger partial charge in [-0.3, -0.25) is 4.79 Å². The van der Waals surface area contributed by atoms with Gasteiger partial charge in [0.15, 0.2) is 0 Å². The Morgan fingerprint density at radius 3 is 2.85 bits per heavy atom. The van der Waals surface area contributed by atoms with Crippen LogP contribution < -0.4 is 10.6 Å². The van der Waals surface area contributed by atoms with Crippen molar-refractivity contribution >= 4 is 39.5 Å². The number of rotatable bonds is 3. The monoisotopic (exact) mass is 283 g/mol. The van der Waals surface area contributed by atoms with Crippen LogP contribution in [-0.2, 0) is 0 Å². The number of thiophene rings is 1. The highest BCUT2D eigenvalue weighted by atomic mass is 32.1. The Bertz CT molecular complexity index is 753. The number of pyridine rings is 1. The first kappa shape index (κ1) is 12.6. The second kappa shape index (κ2) is 5.30. The summed E-state index contributed by atoms with van der Waals surface area (Å²) in [5.41, 5.74) is 2.89. The average molecular weight is 283 g/mol. The van der Waals surface area contributed by atoms with E-state index in [0.29, 0.717) is 5.69 Å². The first-order valence-electron chi connectivity index (χ1n) is 6.19. The molecular weight excluding hydrogens is 270 g/mol. The van der Waals surface area contributed by atoms with Crippen molar-refractivity contribution in [1.29, 1.82) is 0 Å². The van der Waals surface area contributed by atoms with Crippen molar-refractivity contribution in [1.82, 2.24) is 4.98 Å². The molecule has 0 aliphatic carbocycles. The number of carbonyl (C=O) groups excluding carboxylic acids is 1. The zero-order valence-electron chi connectivity index (χ0n) is 10.9. The van der Waals surface area contributed by atoms with Crippen LogP contribution >= 0.6 is 11.3 Å². The van der Waals surface area contributed by atoms with Crippen molar-refractivity contribution in [3.8, 4) is 0 Å². The summed E-state index contributed by atoms with van der Waals surface area (Å²) in [7, 11) is 1.84. The molecule has 0 unspecified atom stereocenters. The van der Waals surface area contributed by atoms with E-state index < -0.39 is 0 Å². The summed E-state index contributed by atoms with van der Waals surface area (Å²) >= 11 is 1.54. The predicted octanol–water partition coefficient (Wildman–Crippen LogP) is 3.59. The molecule has 0 radical (unpaired) electrons. The molecule has 2 aromatic heterocycles. The standard InChI is InChI=1S/C15H13N3OS/c1-16-13-8-14(15(19)17-10-6-7-20-9-10)18-12-5-3-2-4-11(12)13/h2-9H,1H3,(H,16,18)(H,17,19). The maximum atomic E-state index is 12.2. The molecule has 0 bridgehead atoms. The van der Waals surface area contributed by atoms with Crippen LogP contribution in [0.5, 0.6) is 0 Å². The molecule has 0 saturated carbocycles. The van der Waals surface area contributed by atoms with Gasteiger partial charge in [0, 0.05) is 23.5 Å². The van der Waals surface area contributed by atoms with Crippen LogP contribution in [0, 0.1) is 0 Å². The number of nitrogens with one attached hydrogen (secondary N) is 2. The Balaban J connectivity index is 2.01. The Kier molecular flexibility index (Phi) is 3.35. The molecule has 0 spiro atoms. The molecule has 0 aliphatic rings. The van der Waals surface area contributed by atoms with Crippen molar-refractivity contribution in [3.63, 3.8) is 0 Å². The molecule has 0 fully saturated rings. The van der Waals surface area contributed by atoms with Gasteiger partial charge in [-0.15, -0.1) is 0 Å². The zero-order chi connectivity index (χ0) is 13.9. The van der Waals surface area contributed by atoms with Crippen LogP contribution in [0.2, 0.25) is 0 Å². The normalized spacial score (nSPS) is 10.4. The smallest absolute Gasteiger partial charge is 0.274 e. The number of carbonyl (C=O) groups is 1. The molecule has 2 heterocycles. The molecule has 0 atom stereocenters. The highest BCUT2D eigenvalue weighted by Gasteiger charge is 2.11. The van der Waals surface area contributed by atoms with Gasteiger partial charge in [0.05, 0.1) is 11.2 Å². The lowest BCUT2D eigenvalue weighted by Gasteiger charge is -2.09. The lowest BCUT2D eigenvalue weighted by molar-refractivity contribution is 0.102. The number of benzene rings is 1. The average Bonchev–Trinajstić information content (AvgIpc) is 2.99. The van der Waals surface area contributed by atoms with Gasteiger partial charge >= 0.3 is 0 Å². The van der Waals surface area contributed by atoms with E-state index in [1.807, 2.05) is 48.1 Å². The third-order valence-corrected chi connectivity index (χ3v) is 3.68. The van der Waals surface area contributed by atoms with Crippen LogP contribution in [-0.4, -0.2) is 17.9 Å². The van der Waals surface area contributed by atoms with E-state index in [1.165, 1.54) is 11.3 Å². The largest absolute Gasteiger partial charge is 0.388 e. The Morgan fingerprint density at radius 1 is 1.25 bits per heavy atom. The summed E-state index contributed by atoms with van der Waals surface area (Å²) < 4.78 is 0. The van der Waals surface area contributed by atoms with Crippen molar-refractivity contribution in [2.24, 2.45) is 0 Å². The van der Waals surface area contributed by atoms with Crippen molar-refractivity contribution in [3.05, 3.63) is 52.9 Å². The van der Waals surface area contributed by atoms with Gasteiger partial charge in [-0.1, -0.05) is 18.2 Å². The number of fused-ring (bicyclic) bond motifs is 1. The lowest BCUT2D eigenvalue weighted by atomic mass is 10.1. The summed E-state index contributed by atoms with van der Waals surface area (Å²) in [6.45, 7) is 0. The fraction of sp³-hybridized carbons (Fsp3) is 0.0667. The highest BCUT2D eigenvalue weighted by Crippen LogP contribution is 2.23. The Morgan fingerprint density at radius 2 is 2.10 bits per heavy atom. The highest BCUT2D eigenvalue weighted by molar-refractivity contribution is 7.08. The molecule has 1 aromatic carbocycles. The number of para-hydroxylation sites is 1. The molecule has 1 amide bonds. The second-order valence-corrected chi connectivity index (χ2v) is 5.07. The predicted molar refractivity (Wildman–Crippen MR) is 83.6 cm³/mol. The summed E-state index contributed by atoms with van der Waals surface area (Å²) in [5, 5.41) is 10.7. The molecule has 5 heteroatoms. The second-order valence-electron chi connectivity index (χ2n) is 4.29. The summed E-state index contributed by atoms with van der Waals surface area (Å²) in [4.78, 5) is 16.6. The van der Waals surface area contributed by atoms with Crippen molar-refractivity contribution < 1.29 is 4.79 Å². The van der Waals surface area contributed by atoms with Gasteiger partial charge in [0.25, 0.3) is 5.91 Å². The van der Waals surface area contributed by atoms with Gasteiger partial charge in [-0.2, -0.15) is 11.3 Å². The van der Waals surface area contributed by atoms with E-state index in [1.54, 1.807) is 6.07 Å². The number of hydrogen-bond donors (Lipinski definition) is 2. The summed E-state index contributed by atoms with van der Waals surface area (Å²) in [6, 6.07) is 11.4. The molecule has 0 saturated heterocycles. The summed E-state index contributed by atoms with van der Waals surface area (Å²) in [5.74, 6) is -0.203. The minimum absolute atomic E-state index is 0.203. The SMILES string of the molecule is CNc1cc(C(=O)Nc2ccsc2)nc2ccccc12. The van der Waals surface area contributed by atoms with E-state index in [-0.39, 0.29) is 5.91 Å². The van der Waals surface area contributed by atoms with E-state index in [2.05, 4.69) is 15.6 Å². The summed E-state index contributed by atoms with van der Waals surface area (Å²) in [6.07, 6.45) is 0. The number of anilines is 2. The van der Waals surface area contributed by atoms with Crippen LogP contribution in [0.3, 0.4) is 0 Å². The molecule has 20 heavy (non-hydrogen) atoms. The van der Waals surface area contributed by atoms with E-state index in [4.69, 9.17) is 0 Å². The lowest BCUT2D eigenvalue weighted by Crippen LogP contribution is -2.13. The van der Waals surface area contributed by atoms with Crippen molar-refractivity contribution in [2.45, 2.75) is 0 Å². The Labute approximate surface area is 120 Å². The molecular formula is C15H13N3OS. The van der Waals surface area contributed by atoms with E-state index in [9.17, 15) is 4.79 Å². The maximum absolute atomic E-state index is 12.2. The fourth-order valence-electron chi connectivity index (χ4n) is 2.03. The van der Waals surface area contributed by atoms with Crippen molar-refractivity contribution in [2.75, 3.05) is 17.7 Å². The molecule has 3 rings (SSSR count). The van der Waals surface area contributed by atoms with Gasteiger partial charge < -0.3 is 10.6 Å². The van der Waals surface area contributed by atoms with E-state index >= 15 is 0 Å². The third kappa shape index (κ3) is 2.35. The number of hydrogen-bond acceptors (Lipinski definition) is 4. The van der Waals surface area contributed by atoms with Crippen LogP contribution in [0.1, 0.15) is 10.5 Å². The number of amides is 1. The van der Waals surface area contributed by atoms with Gasteiger partial charge in [-0.25, -0.2) is 4.98 Å². The number of nitrogens with zero attached hydrogens (tertiary/aromatic N) is 1. The molecule has 3 aromatic rings. The first-order valence-corrected chi connectivity index (χ1v) is 7.13. The van der Waals surface area contributed by atoms with Crippen LogP contribution in [0.15, 0.2) is 47.2 Å². The fourth-order valence-corrected chi connectivity index (χ4v) is 2.62. The maximum Gasteiger partial charge on any atom is 0.274 e. The molecule has 4 nitrogen and oxygen atoms in total. The number of aromatic nitrogens is 1. The Hall–Kier alpha value is -2.40.